The second-order valence-electron chi connectivity index (χ2n) is 6.33. The lowest BCUT2D eigenvalue weighted by molar-refractivity contribution is 0.435. The molecule has 1 nitrogen and oxygen atoms in total. The second kappa shape index (κ2) is 6.44. The van der Waals surface area contributed by atoms with Crippen LogP contribution in [0.2, 0.25) is 5.02 Å². The molecule has 1 unspecified atom stereocenters. The summed E-state index contributed by atoms with van der Waals surface area (Å²) in [4.78, 5) is 0. The van der Waals surface area contributed by atoms with Crippen molar-refractivity contribution in [3.05, 3.63) is 69.7 Å². The van der Waals surface area contributed by atoms with E-state index >= 15 is 0 Å². The summed E-state index contributed by atoms with van der Waals surface area (Å²) in [6, 6.07) is 15.3. The summed E-state index contributed by atoms with van der Waals surface area (Å²) >= 11 is 6.35. The standard InChI is InChI=1S/C20H24ClN/c1-2-11-20(12-13-22)18-6-4-3-5-15(18)7-8-16-9-10-17(21)14-19(16)20/h3-6,9-10,14H,2,7-8,11-13,22H2,1H3. The Balaban J connectivity index is 2.30. The minimum atomic E-state index is 0.0107. The summed E-state index contributed by atoms with van der Waals surface area (Å²) in [5.74, 6) is 0. The molecule has 22 heavy (non-hydrogen) atoms. The number of benzene rings is 2. The van der Waals surface area contributed by atoms with Crippen LogP contribution >= 0.6 is 11.6 Å². The van der Waals surface area contributed by atoms with Gasteiger partial charge in [-0.15, -0.1) is 0 Å². The van der Waals surface area contributed by atoms with Crippen molar-refractivity contribution in [3.8, 4) is 0 Å². The first-order valence-corrected chi connectivity index (χ1v) is 8.66. The van der Waals surface area contributed by atoms with E-state index < -0.39 is 0 Å². The van der Waals surface area contributed by atoms with Crippen molar-refractivity contribution in [1.29, 1.82) is 0 Å². The van der Waals surface area contributed by atoms with E-state index in [1.807, 2.05) is 6.07 Å². The third kappa shape index (κ3) is 2.57. The van der Waals surface area contributed by atoms with Gasteiger partial charge in [-0.2, -0.15) is 0 Å². The zero-order valence-corrected chi connectivity index (χ0v) is 14.0. The van der Waals surface area contributed by atoms with Gasteiger partial charge in [0, 0.05) is 10.4 Å². The highest BCUT2D eigenvalue weighted by Crippen LogP contribution is 2.45. The highest BCUT2D eigenvalue weighted by atomic mass is 35.5. The van der Waals surface area contributed by atoms with E-state index in [4.69, 9.17) is 17.3 Å². The van der Waals surface area contributed by atoms with E-state index in [1.165, 1.54) is 22.3 Å². The largest absolute Gasteiger partial charge is 0.330 e. The van der Waals surface area contributed by atoms with E-state index in [0.717, 1.165) is 37.1 Å². The third-order valence-electron chi connectivity index (χ3n) is 5.03. The average molecular weight is 314 g/mol. The molecule has 0 saturated carbocycles. The molecule has 2 N–H and O–H groups in total. The Labute approximate surface area is 138 Å². The summed E-state index contributed by atoms with van der Waals surface area (Å²) in [7, 11) is 0. The highest BCUT2D eigenvalue weighted by molar-refractivity contribution is 6.30. The van der Waals surface area contributed by atoms with E-state index in [-0.39, 0.29) is 5.41 Å². The Morgan fingerprint density at radius 1 is 1.00 bits per heavy atom. The average Bonchev–Trinajstić information content (AvgIpc) is 2.65. The minimum Gasteiger partial charge on any atom is -0.330 e. The van der Waals surface area contributed by atoms with E-state index in [9.17, 15) is 0 Å². The molecular formula is C20H24ClN. The van der Waals surface area contributed by atoms with Crippen LogP contribution in [0.25, 0.3) is 0 Å². The molecule has 0 fully saturated rings. The molecule has 0 bridgehead atoms. The molecule has 2 heteroatoms. The van der Waals surface area contributed by atoms with Crippen LogP contribution in [0, 0.1) is 0 Å². The fourth-order valence-corrected chi connectivity index (χ4v) is 4.34. The quantitative estimate of drug-likeness (QED) is 0.856. The van der Waals surface area contributed by atoms with Crippen molar-refractivity contribution < 1.29 is 0 Å². The Bertz CT molecular complexity index is 657. The van der Waals surface area contributed by atoms with Crippen LogP contribution in [-0.2, 0) is 18.3 Å². The monoisotopic (exact) mass is 313 g/mol. The van der Waals surface area contributed by atoms with Gasteiger partial charge in [-0.3, -0.25) is 0 Å². The number of aryl methyl sites for hydroxylation is 2. The number of nitrogens with two attached hydrogens (primary N) is 1. The first-order valence-electron chi connectivity index (χ1n) is 8.28. The topological polar surface area (TPSA) is 26.0 Å². The molecule has 0 aromatic heterocycles. The van der Waals surface area contributed by atoms with Crippen LogP contribution in [0.4, 0.5) is 0 Å². The van der Waals surface area contributed by atoms with Crippen molar-refractivity contribution in [2.24, 2.45) is 5.73 Å². The van der Waals surface area contributed by atoms with E-state index in [2.05, 4.69) is 43.3 Å². The van der Waals surface area contributed by atoms with Crippen LogP contribution in [0.15, 0.2) is 42.5 Å². The third-order valence-corrected chi connectivity index (χ3v) is 5.27. The molecule has 2 aromatic rings. The Hall–Kier alpha value is -1.31. The maximum atomic E-state index is 6.35. The fraction of sp³-hybridized carbons (Fsp3) is 0.400. The number of fused-ring (bicyclic) bond motifs is 2. The van der Waals surface area contributed by atoms with Gasteiger partial charge in [-0.1, -0.05) is 55.3 Å². The second-order valence-corrected chi connectivity index (χ2v) is 6.77. The molecule has 0 amide bonds. The minimum absolute atomic E-state index is 0.0107. The molecule has 0 aliphatic heterocycles. The van der Waals surface area contributed by atoms with Gasteiger partial charge in [0.2, 0.25) is 0 Å². The maximum Gasteiger partial charge on any atom is 0.0409 e. The zero-order valence-electron chi connectivity index (χ0n) is 13.2. The van der Waals surface area contributed by atoms with Gasteiger partial charge < -0.3 is 5.73 Å². The molecule has 0 radical (unpaired) electrons. The van der Waals surface area contributed by atoms with Crippen LogP contribution in [0.3, 0.4) is 0 Å². The van der Waals surface area contributed by atoms with Crippen molar-refractivity contribution in [2.45, 2.75) is 44.4 Å². The molecule has 0 spiro atoms. The van der Waals surface area contributed by atoms with Crippen LogP contribution in [0.5, 0.6) is 0 Å². The van der Waals surface area contributed by atoms with E-state index in [0.29, 0.717) is 6.54 Å². The number of hydrogen-bond acceptors (Lipinski definition) is 1. The summed E-state index contributed by atoms with van der Waals surface area (Å²) in [6.45, 7) is 2.95. The lowest BCUT2D eigenvalue weighted by atomic mass is 9.67. The fourth-order valence-electron chi connectivity index (χ4n) is 4.17. The molecule has 3 rings (SSSR count). The molecule has 2 aromatic carbocycles. The maximum absolute atomic E-state index is 6.35. The first-order chi connectivity index (χ1) is 10.7. The Kier molecular flexibility index (Phi) is 4.56. The molecular weight excluding hydrogens is 290 g/mol. The predicted molar refractivity (Wildman–Crippen MR) is 94.7 cm³/mol. The van der Waals surface area contributed by atoms with Crippen molar-refractivity contribution in [1.82, 2.24) is 0 Å². The van der Waals surface area contributed by atoms with Gasteiger partial charge >= 0.3 is 0 Å². The van der Waals surface area contributed by atoms with Gasteiger partial charge in [-0.05, 0) is 66.6 Å². The van der Waals surface area contributed by atoms with Crippen LogP contribution in [-0.4, -0.2) is 6.54 Å². The molecule has 0 heterocycles. The van der Waals surface area contributed by atoms with Crippen molar-refractivity contribution in [3.63, 3.8) is 0 Å². The van der Waals surface area contributed by atoms with Gasteiger partial charge in [0.1, 0.15) is 0 Å². The number of rotatable bonds is 4. The van der Waals surface area contributed by atoms with E-state index in [1.54, 1.807) is 0 Å². The summed E-state index contributed by atoms with van der Waals surface area (Å²) < 4.78 is 0. The molecule has 116 valence electrons. The Morgan fingerprint density at radius 3 is 2.45 bits per heavy atom. The van der Waals surface area contributed by atoms with Crippen molar-refractivity contribution in [2.75, 3.05) is 6.54 Å². The van der Waals surface area contributed by atoms with Gasteiger partial charge in [0.05, 0.1) is 0 Å². The van der Waals surface area contributed by atoms with Gasteiger partial charge in [0.15, 0.2) is 0 Å². The van der Waals surface area contributed by atoms with Gasteiger partial charge in [0.25, 0.3) is 0 Å². The lowest BCUT2D eigenvalue weighted by Crippen LogP contribution is -2.32. The molecule has 1 aliphatic rings. The lowest BCUT2D eigenvalue weighted by Gasteiger charge is -2.36. The summed E-state index contributed by atoms with van der Waals surface area (Å²) in [5.41, 5.74) is 11.8. The number of hydrogen-bond donors (Lipinski definition) is 1. The molecule has 1 atom stereocenters. The summed E-state index contributed by atoms with van der Waals surface area (Å²) in [5, 5.41) is 0.829. The predicted octanol–water partition coefficient (Wildman–Crippen LogP) is 4.87. The molecule has 0 saturated heterocycles. The zero-order chi connectivity index (χ0) is 15.6. The normalized spacial score (nSPS) is 20.1. The van der Waals surface area contributed by atoms with Crippen LogP contribution < -0.4 is 5.73 Å². The molecule has 1 aliphatic carbocycles. The first kappa shape index (κ1) is 15.6. The smallest absolute Gasteiger partial charge is 0.0409 e. The highest BCUT2D eigenvalue weighted by Gasteiger charge is 2.37. The van der Waals surface area contributed by atoms with Crippen LogP contribution in [0.1, 0.15) is 48.4 Å². The Morgan fingerprint density at radius 2 is 1.73 bits per heavy atom. The van der Waals surface area contributed by atoms with Crippen molar-refractivity contribution >= 4 is 11.6 Å². The number of halogens is 1. The SMILES string of the molecule is CCCC1(CCN)c2ccccc2CCc2ccc(Cl)cc21. The van der Waals surface area contributed by atoms with Gasteiger partial charge in [-0.25, -0.2) is 0 Å². The summed E-state index contributed by atoms with van der Waals surface area (Å²) in [6.07, 6.45) is 5.42.